The lowest BCUT2D eigenvalue weighted by molar-refractivity contribution is -0.139. The molecule has 0 heterocycles. The summed E-state index contributed by atoms with van der Waals surface area (Å²) < 4.78 is 4.55. The third kappa shape index (κ3) is 2.96. The average Bonchev–Trinajstić information content (AvgIpc) is 2.15. The summed E-state index contributed by atoms with van der Waals surface area (Å²) in [4.78, 5) is 21.6. The van der Waals surface area contributed by atoms with Gasteiger partial charge in [0.2, 0.25) is 5.78 Å². The Morgan fingerprint density at radius 1 is 1.46 bits per heavy atom. The molecular formula is C10H8O3. The van der Waals surface area contributed by atoms with Crippen molar-refractivity contribution in [3.05, 3.63) is 35.9 Å². The van der Waals surface area contributed by atoms with Crippen molar-refractivity contribution in [1.82, 2.24) is 0 Å². The Balaban J connectivity index is 2.54. The van der Waals surface area contributed by atoms with E-state index in [2.05, 4.69) is 16.9 Å². The molecular weight excluding hydrogens is 168 g/mol. The molecule has 3 heteroatoms. The van der Waals surface area contributed by atoms with Crippen molar-refractivity contribution in [1.29, 1.82) is 0 Å². The van der Waals surface area contributed by atoms with Gasteiger partial charge in [0, 0.05) is 12.5 Å². The fraction of sp³-hybridized carbons (Fsp3) is 0.200. The molecule has 1 aromatic rings. The van der Waals surface area contributed by atoms with Crippen LogP contribution in [0.15, 0.2) is 18.2 Å². The number of ether oxygens (including phenoxy) is 1. The highest BCUT2D eigenvalue weighted by atomic mass is 16.5. The maximum absolute atomic E-state index is 11.2. The second-order valence-corrected chi connectivity index (χ2v) is 2.43. The minimum atomic E-state index is -0.458. The Morgan fingerprint density at radius 2 is 2.23 bits per heavy atom. The lowest BCUT2D eigenvalue weighted by Crippen LogP contribution is -2.11. The van der Waals surface area contributed by atoms with Gasteiger partial charge in [0.1, 0.15) is 0 Å². The van der Waals surface area contributed by atoms with Crippen LogP contribution in [-0.2, 0) is 9.53 Å². The van der Waals surface area contributed by atoms with Crippen molar-refractivity contribution in [3.8, 4) is 0 Å². The Labute approximate surface area is 76.3 Å². The third-order valence-electron chi connectivity index (χ3n) is 1.39. The predicted octanol–water partition coefficient (Wildman–Crippen LogP) is 1.03. The van der Waals surface area contributed by atoms with Gasteiger partial charge in [-0.05, 0) is 18.2 Å². The predicted molar refractivity (Wildman–Crippen MR) is 45.1 cm³/mol. The van der Waals surface area contributed by atoms with E-state index in [1.54, 1.807) is 12.1 Å². The molecule has 66 valence electrons. The van der Waals surface area contributed by atoms with Crippen molar-refractivity contribution in [2.75, 3.05) is 6.61 Å². The van der Waals surface area contributed by atoms with E-state index in [0.717, 1.165) is 0 Å². The van der Waals surface area contributed by atoms with Crippen LogP contribution in [0.5, 0.6) is 0 Å². The summed E-state index contributed by atoms with van der Waals surface area (Å²) >= 11 is 0. The first-order valence-corrected chi connectivity index (χ1v) is 3.74. The number of hydrogen-bond acceptors (Lipinski definition) is 3. The summed E-state index contributed by atoms with van der Waals surface area (Å²) in [5.74, 6) is -0.694. The summed E-state index contributed by atoms with van der Waals surface area (Å²) in [7, 11) is 0. The molecule has 0 spiro atoms. The van der Waals surface area contributed by atoms with E-state index in [1.807, 2.05) is 0 Å². The molecule has 0 unspecified atom stereocenters. The van der Waals surface area contributed by atoms with Gasteiger partial charge >= 0.3 is 5.97 Å². The molecule has 0 saturated heterocycles. The topological polar surface area (TPSA) is 43.4 Å². The van der Waals surface area contributed by atoms with Crippen LogP contribution in [0.25, 0.3) is 0 Å². The van der Waals surface area contributed by atoms with Crippen molar-refractivity contribution < 1.29 is 14.3 Å². The van der Waals surface area contributed by atoms with Crippen LogP contribution in [0.4, 0.5) is 0 Å². The summed E-state index contributed by atoms with van der Waals surface area (Å²) in [6.07, 6.45) is 0. The van der Waals surface area contributed by atoms with Crippen LogP contribution in [0.3, 0.4) is 0 Å². The van der Waals surface area contributed by atoms with E-state index in [1.165, 1.54) is 13.0 Å². The summed E-state index contributed by atoms with van der Waals surface area (Å²) in [5.41, 5.74) is 0.472. The zero-order chi connectivity index (χ0) is 9.68. The number of ketones is 1. The average molecular weight is 176 g/mol. The number of esters is 1. The zero-order valence-electron chi connectivity index (χ0n) is 7.16. The highest BCUT2D eigenvalue weighted by Crippen LogP contribution is 1.97. The molecule has 1 rings (SSSR count). The SMILES string of the molecule is CC(=O)OCC(=O)c1cc#ccc1. The van der Waals surface area contributed by atoms with Crippen molar-refractivity contribution in [2.45, 2.75) is 6.92 Å². The van der Waals surface area contributed by atoms with Crippen molar-refractivity contribution >= 4 is 11.8 Å². The van der Waals surface area contributed by atoms with Crippen LogP contribution in [0.1, 0.15) is 17.3 Å². The molecule has 1 aromatic carbocycles. The molecule has 0 aromatic heterocycles. The van der Waals surface area contributed by atoms with Crippen LogP contribution in [0.2, 0.25) is 0 Å². The van der Waals surface area contributed by atoms with Gasteiger partial charge in [-0.25, -0.2) is 0 Å². The Morgan fingerprint density at radius 3 is 2.77 bits per heavy atom. The van der Waals surface area contributed by atoms with Gasteiger partial charge in [-0.3, -0.25) is 9.59 Å². The van der Waals surface area contributed by atoms with E-state index in [4.69, 9.17) is 0 Å². The second-order valence-electron chi connectivity index (χ2n) is 2.43. The number of carbonyl (C=O) groups is 2. The van der Waals surface area contributed by atoms with Crippen LogP contribution >= 0.6 is 0 Å². The van der Waals surface area contributed by atoms with E-state index < -0.39 is 5.97 Å². The van der Waals surface area contributed by atoms with Crippen LogP contribution < -0.4 is 0 Å². The minimum Gasteiger partial charge on any atom is -0.457 e. The monoisotopic (exact) mass is 176 g/mol. The van der Waals surface area contributed by atoms with E-state index in [-0.39, 0.29) is 12.4 Å². The largest absolute Gasteiger partial charge is 0.457 e. The van der Waals surface area contributed by atoms with Gasteiger partial charge in [0.05, 0.1) is 0 Å². The summed E-state index contributed by atoms with van der Waals surface area (Å²) in [5, 5.41) is 0. The molecule has 0 atom stereocenters. The van der Waals surface area contributed by atoms with Crippen molar-refractivity contribution in [3.63, 3.8) is 0 Å². The van der Waals surface area contributed by atoms with Crippen molar-refractivity contribution in [2.24, 2.45) is 0 Å². The standard InChI is InChI=1S/C10H8O3/c1-8(11)13-7-10(12)9-5-3-2-4-6-9/h3,5-6H,7H2,1H3. The third-order valence-corrected chi connectivity index (χ3v) is 1.39. The number of Topliss-reactive ketones (excluding diaryl/α,β-unsaturated/α-hetero) is 1. The lowest BCUT2D eigenvalue weighted by atomic mass is 10.2. The normalized spacial score (nSPS) is 8.69. The first-order chi connectivity index (χ1) is 6.20. The Kier molecular flexibility index (Phi) is 3.04. The van der Waals surface area contributed by atoms with Crippen LogP contribution in [-0.4, -0.2) is 18.4 Å². The molecule has 3 nitrogen and oxygen atoms in total. The molecule has 0 radical (unpaired) electrons. The number of hydrogen-bond donors (Lipinski definition) is 0. The van der Waals surface area contributed by atoms with E-state index >= 15 is 0 Å². The van der Waals surface area contributed by atoms with Gasteiger partial charge in [0.15, 0.2) is 6.61 Å². The first kappa shape index (κ1) is 9.27. The van der Waals surface area contributed by atoms with Crippen LogP contribution in [0, 0.1) is 12.1 Å². The van der Waals surface area contributed by atoms with E-state index in [0.29, 0.717) is 5.56 Å². The molecule has 0 aliphatic rings. The Hall–Kier alpha value is -1.82. The molecule has 0 aliphatic heterocycles. The fourth-order valence-corrected chi connectivity index (χ4v) is 0.771. The molecule has 0 bridgehead atoms. The second kappa shape index (κ2) is 4.27. The van der Waals surface area contributed by atoms with Gasteiger partial charge in [0.25, 0.3) is 0 Å². The summed E-state index contributed by atoms with van der Waals surface area (Å²) in [6.45, 7) is 1.05. The number of rotatable bonds is 3. The summed E-state index contributed by atoms with van der Waals surface area (Å²) in [6, 6.07) is 10.0. The molecule has 0 aliphatic carbocycles. The first-order valence-electron chi connectivity index (χ1n) is 3.74. The van der Waals surface area contributed by atoms with Gasteiger partial charge < -0.3 is 4.74 Å². The number of carbonyl (C=O) groups excluding carboxylic acids is 2. The van der Waals surface area contributed by atoms with Gasteiger partial charge in [-0.15, -0.1) is 0 Å². The van der Waals surface area contributed by atoms with Gasteiger partial charge in [-0.1, -0.05) is 12.1 Å². The van der Waals surface area contributed by atoms with Gasteiger partial charge in [-0.2, -0.15) is 0 Å². The maximum atomic E-state index is 11.2. The molecule has 13 heavy (non-hydrogen) atoms. The molecule has 0 amide bonds. The molecule has 0 saturated carbocycles. The minimum absolute atomic E-state index is 0.215. The molecule has 0 fully saturated rings. The quantitative estimate of drug-likeness (QED) is 0.510. The lowest BCUT2D eigenvalue weighted by Gasteiger charge is -1.99. The van der Waals surface area contributed by atoms with E-state index in [9.17, 15) is 9.59 Å². The molecule has 0 N–H and O–H groups in total. The Bertz CT molecular complexity index is 303. The maximum Gasteiger partial charge on any atom is 0.303 e. The zero-order valence-corrected chi connectivity index (χ0v) is 7.16. The smallest absolute Gasteiger partial charge is 0.303 e. The highest BCUT2D eigenvalue weighted by Gasteiger charge is 2.05. The fourth-order valence-electron chi connectivity index (χ4n) is 0.771. The highest BCUT2D eigenvalue weighted by molar-refractivity contribution is 5.97.